The van der Waals surface area contributed by atoms with Gasteiger partial charge >= 0.3 is 0 Å². The summed E-state index contributed by atoms with van der Waals surface area (Å²) >= 11 is 0. The Labute approximate surface area is 108 Å². The zero-order chi connectivity index (χ0) is 13.6. The first-order valence-corrected chi connectivity index (χ1v) is 6.21. The number of amidine groups is 1. The molecule has 100 valence electrons. The van der Waals surface area contributed by atoms with Crippen molar-refractivity contribution in [3.8, 4) is 0 Å². The fraction of sp³-hybridized carbons (Fsp3) is 0.538. The van der Waals surface area contributed by atoms with E-state index in [9.17, 15) is 9.90 Å². The van der Waals surface area contributed by atoms with Gasteiger partial charge in [0.25, 0.3) is 0 Å². The van der Waals surface area contributed by atoms with E-state index in [2.05, 4.69) is 11.6 Å². The van der Waals surface area contributed by atoms with E-state index in [1.54, 1.807) is 19.3 Å². The van der Waals surface area contributed by atoms with E-state index < -0.39 is 5.97 Å². The van der Waals surface area contributed by atoms with Crippen LogP contribution in [0.2, 0.25) is 0 Å². The van der Waals surface area contributed by atoms with Gasteiger partial charge in [0, 0.05) is 13.3 Å². The number of carboxylic acids is 1. The molecule has 0 amide bonds. The van der Waals surface area contributed by atoms with Crippen LogP contribution >= 0.6 is 0 Å². The van der Waals surface area contributed by atoms with Crippen LogP contribution in [0.3, 0.4) is 0 Å². The van der Waals surface area contributed by atoms with Crippen molar-refractivity contribution in [2.45, 2.75) is 38.8 Å². The van der Waals surface area contributed by atoms with Crippen molar-refractivity contribution in [1.82, 2.24) is 0 Å². The number of unbranched alkanes of at least 4 members (excludes halogenated alkanes) is 2. The Morgan fingerprint density at radius 3 is 2.94 bits per heavy atom. The van der Waals surface area contributed by atoms with Gasteiger partial charge in [-0.15, -0.1) is 6.58 Å². The van der Waals surface area contributed by atoms with Crippen molar-refractivity contribution < 1.29 is 14.4 Å². The molecule has 1 heterocycles. The predicted molar refractivity (Wildman–Crippen MR) is 69.0 cm³/mol. The van der Waals surface area contributed by atoms with Crippen LogP contribution in [0.4, 0.5) is 0 Å². The molecule has 0 radical (unpaired) electrons. The SMILES string of the molecule is C=CCCCCC1=NC=C[N+]1(CC(=O)[O-])C(C)N. The molecular formula is C13H21N3O2. The minimum absolute atomic E-state index is 0.0798. The number of carbonyl (C=O) groups excluding carboxylic acids is 1. The van der Waals surface area contributed by atoms with Gasteiger partial charge in [0.1, 0.15) is 18.9 Å². The highest BCUT2D eigenvalue weighted by Gasteiger charge is 2.38. The smallest absolute Gasteiger partial charge is 0.209 e. The minimum atomic E-state index is -1.11. The topological polar surface area (TPSA) is 78.5 Å². The maximum Gasteiger partial charge on any atom is 0.209 e. The summed E-state index contributed by atoms with van der Waals surface area (Å²) < 4.78 is 0.0798. The highest BCUT2D eigenvalue weighted by atomic mass is 16.4. The van der Waals surface area contributed by atoms with Gasteiger partial charge in [-0.2, -0.15) is 0 Å². The van der Waals surface area contributed by atoms with Gasteiger partial charge < -0.3 is 9.90 Å². The quantitative estimate of drug-likeness (QED) is 0.387. The Morgan fingerprint density at radius 2 is 2.39 bits per heavy atom. The van der Waals surface area contributed by atoms with Crippen LogP contribution < -0.4 is 10.8 Å². The van der Waals surface area contributed by atoms with Crippen molar-refractivity contribution in [2.75, 3.05) is 6.54 Å². The molecule has 0 saturated heterocycles. The van der Waals surface area contributed by atoms with Crippen LogP contribution in [0.15, 0.2) is 30.0 Å². The lowest BCUT2D eigenvalue weighted by Gasteiger charge is -2.36. The van der Waals surface area contributed by atoms with Gasteiger partial charge in [-0.05, 0) is 19.3 Å². The molecule has 0 aromatic heterocycles. The van der Waals surface area contributed by atoms with E-state index in [0.717, 1.165) is 31.5 Å². The van der Waals surface area contributed by atoms with Crippen LogP contribution in [0.25, 0.3) is 0 Å². The number of quaternary nitrogens is 1. The summed E-state index contributed by atoms with van der Waals surface area (Å²) in [6.45, 7) is 5.31. The number of hydrogen-bond donors (Lipinski definition) is 1. The lowest BCUT2D eigenvalue weighted by atomic mass is 10.1. The fourth-order valence-electron chi connectivity index (χ4n) is 2.15. The zero-order valence-corrected chi connectivity index (χ0v) is 10.8. The molecule has 1 aliphatic heterocycles. The highest BCUT2D eigenvalue weighted by molar-refractivity contribution is 5.81. The average Bonchev–Trinajstić information content (AvgIpc) is 2.68. The molecule has 0 bridgehead atoms. The molecule has 1 rings (SSSR count). The third-order valence-electron chi connectivity index (χ3n) is 3.21. The first kappa shape index (κ1) is 14.6. The molecule has 0 aromatic carbocycles. The zero-order valence-electron chi connectivity index (χ0n) is 10.8. The third kappa shape index (κ3) is 3.27. The second kappa shape index (κ2) is 6.47. The Hall–Kier alpha value is -1.46. The number of hydrogen-bond acceptors (Lipinski definition) is 4. The summed E-state index contributed by atoms with van der Waals surface area (Å²) in [6.07, 6.45) is 8.58. The molecule has 2 N–H and O–H groups in total. The molecule has 0 aliphatic carbocycles. The molecule has 0 aromatic rings. The molecule has 5 heteroatoms. The second-order valence-corrected chi connectivity index (χ2v) is 4.58. The number of nitrogens with zero attached hydrogens (tertiary/aromatic N) is 2. The van der Waals surface area contributed by atoms with E-state index in [4.69, 9.17) is 5.73 Å². The summed E-state index contributed by atoms with van der Waals surface area (Å²) in [4.78, 5) is 15.2. The normalized spacial score (nSPS) is 23.8. The largest absolute Gasteiger partial charge is 0.544 e. The molecule has 2 atom stereocenters. The lowest BCUT2D eigenvalue weighted by molar-refractivity contribution is -0.808. The number of carbonyl (C=O) groups is 1. The number of nitrogens with two attached hydrogens (primary N) is 1. The van der Waals surface area contributed by atoms with Gasteiger partial charge in [0.2, 0.25) is 5.84 Å². The van der Waals surface area contributed by atoms with E-state index in [-0.39, 0.29) is 17.2 Å². The van der Waals surface area contributed by atoms with Gasteiger partial charge in [-0.25, -0.2) is 9.48 Å². The Morgan fingerprint density at radius 1 is 1.67 bits per heavy atom. The lowest BCUT2D eigenvalue weighted by Crippen LogP contribution is -2.60. The van der Waals surface area contributed by atoms with Gasteiger partial charge in [-0.1, -0.05) is 6.08 Å². The summed E-state index contributed by atoms with van der Waals surface area (Å²) in [6, 6.07) is 0. The van der Waals surface area contributed by atoms with Crippen LogP contribution in [0.5, 0.6) is 0 Å². The molecule has 0 spiro atoms. The molecule has 18 heavy (non-hydrogen) atoms. The van der Waals surface area contributed by atoms with Crippen molar-refractivity contribution in [3.63, 3.8) is 0 Å². The Balaban J connectivity index is 2.70. The molecule has 5 nitrogen and oxygen atoms in total. The summed E-state index contributed by atoms with van der Waals surface area (Å²) in [7, 11) is 0. The van der Waals surface area contributed by atoms with E-state index in [0.29, 0.717) is 0 Å². The van der Waals surface area contributed by atoms with Gasteiger partial charge in [0.05, 0.1) is 12.2 Å². The number of allylic oxidation sites excluding steroid dienone is 1. The summed E-state index contributed by atoms with van der Waals surface area (Å²) in [5.41, 5.74) is 5.93. The Kier molecular flexibility index (Phi) is 5.25. The second-order valence-electron chi connectivity index (χ2n) is 4.58. The standard InChI is InChI=1S/C13H21N3O2/c1-3-4-5-6-7-12-15-8-9-16(12,11(2)14)10-13(17)18/h3,8-9,11H,1,4-7,10,14H2,2H3. The van der Waals surface area contributed by atoms with Gasteiger partial charge in [-0.3, -0.25) is 5.73 Å². The monoisotopic (exact) mass is 251 g/mol. The maximum atomic E-state index is 10.9. The molecule has 1 aliphatic rings. The summed E-state index contributed by atoms with van der Waals surface area (Å²) in [5, 5.41) is 10.9. The number of aliphatic carboxylic acids is 1. The van der Waals surface area contributed by atoms with Crippen LogP contribution in [-0.2, 0) is 4.79 Å². The summed E-state index contributed by atoms with van der Waals surface area (Å²) in [5.74, 6) is -0.309. The highest BCUT2D eigenvalue weighted by Crippen LogP contribution is 2.22. The Bertz CT molecular complexity index is 374. The number of rotatable bonds is 8. The number of aliphatic imine (C=N–C) groups is 1. The van der Waals surface area contributed by atoms with Crippen molar-refractivity contribution in [3.05, 3.63) is 25.1 Å². The molecular weight excluding hydrogens is 230 g/mol. The van der Waals surface area contributed by atoms with E-state index >= 15 is 0 Å². The van der Waals surface area contributed by atoms with Crippen LogP contribution in [-0.4, -0.2) is 29.0 Å². The van der Waals surface area contributed by atoms with Crippen molar-refractivity contribution in [1.29, 1.82) is 0 Å². The third-order valence-corrected chi connectivity index (χ3v) is 3.21. The van der Waals surface area contributed by atoms with Crippen LogP contribution in [0, 0.1) is 0 Å². The molecule has 0 fully saturated rings. The maximum absolute atomic E-state index is 10.9. The van der Waals surface area contributed by atoms with E-state index in [1.807, 2.05) is 6.08 Å². The van der Waals surface area contributed by atoms with Gasteiger partial charge in [0.15, 0.2) is 0 Å². The minimum Gasteiger partial charge on any atom is -0.544 e. The first-order chi connectivity index (χ1) is 8.53. The van der Waals surface area contributed by atoms with Crippen molar-refractivity contribution in [2.24, 2.45) is 10.7 Å². The van der Waals surface area contributed by atoms with E-state index in [1.165, 1.54) is 0 Å². The van der Waals surface area contributed by atoms with Crippen molar-refractivity contribution >= 4 is 11.8 Å². The van der Waals surface area contributed by atoms with Crippen LogP contribution in [0.1, 0.15) is 32.6 Å². The molecule has 0 saturated carbocycles. The predicted octanol–water partition coefficient (Wildman–Crippen LogP) is 0.488. The fourth-order valence-corrected chi connectivity index (χ4v) is 2.15. The number of carboxylic acid groups (broad SMARTS) is 1. The first-order valence-electron chi connectivity index (χ1n) is 6.21. The molecule has 2 unspecified atom stereocenters. The average molecular weight is 251 g/mol.